The zero-order valence-corrected chi connectivity index (χ0v) is 9.68. The molecule has 16 heavy (non-hydrogen) atoms. The molecule has 1 unspecified atom stereocenters. The highest BCUT2D eigenvalue weighted by atomic mass is 15.2. The average Bonchev–Trinajstić information content (AvgIpc) is 2.34. The summed E-state index contributed by atoms with van der Waals surface area (Å²) >= 11 is 0. The largest absolute Gasteiger partial charge is 0.328 e. The van der Waals surface area contributed by atoms with E-state index in [-0.39, 0.29) is 0 Å². The molecule has 0 aliphatic carbocycles. The van der Waals surface area contributed by atoms with Gasteiger partial charge in [-0.2, -0.15) is 0 Å². The van der Waals surface area contributed by atoms with E-state index in [9.17, 15) is 0 Å². The molecule has 0 amide bonds. The molecule has 1 saturated heterocycles. The van der Waals surface area contributed by atoms with Crippen LogP contribution in [0.4, 0.5) is 0 Å². The van der Waals surface area contributed by atoms with Crippen molar-refractivity contribution in [2.45, 2.75) is 24.9 Å². The number of nitrogens with two attached hydrogens (primary N) is 1. The van der Waals surface area contributed by atoms with Crippen LogP contribution in [-0.2, 0) is 0 Å². The van der Waals surface area contributed by atoms with Crippen LogP contribution >= 0.6 is 0 Å². The monoisotopic (exact) mass is 216 g/mol. The molecule has 1 atom stereocenters. The molecular weight excluding hydrogens is 196 g/mol. The van der Waals surface area contributed by atoms with Gasteiger partial charge >= 0.3 is 0 Å². The third kappa shape index (κ3) is 2.52. The molecule has 1 aromatic carbocycles. The van der Waals surface area contributed by atoms with Gasteiger partial charge in [-0.25, -0.2) is 0 Å². The second kappa shape index (κ2) is 5.28. The summed E-state index contributed by atoms with van der Waals surface area (Å²) in [6, 6.07) is 11.3. The van der Waals surface area contributed by atoms with E-state index in [4.69, 9.17) is 5.73 Å². The molecule has 1 fully saturated rings. The SMILES string of the molecule is C=CC(c1ccccc1)N1CCC(N)CC1. The summed E-state index contributed by atoms with van der Waals surface area (Å²) < 4.78 is 0. The lowest BCUT2D eigenvalue weighted by Gasteiger charge is -2.35. The van der Waals surface area contributed by atoms with Crippen molar-refractivity contribution in [3.8, 4) is 0 Å². The smallest absolute Gasteiger partial charge is 0.0528 e. The van der Waals surface area contributed by atoms with Crippen LogP contribution in [0, 0.1) is 0 Å². The van der Waals surface area contributed by atoms with Crippen molar-refractivity contribution in [1.82, 2.24) is 4.90 Å². The van der Waals surface area contributed by atoms with Gasteiger partial charge in [0.05, 0.1) is 6.04 Å². The van der Waals surface area contributed by atoms with Gasteiger partial charge in [0.2, 0.25) is 0 Å². The molecule has 1 aliphatic heterocycles. The van der Waals surface area contributed by atoms with Crippen molar-refractivity contribution in [2.24, 2.45) is 5.73 Å². The minimum absolute atomic E-state index is 0.341. The molecule has 2 rings (SSSR count). The van der Waals surface area contributed by atoms with Crippen LogP contribution in [0.2, 0.25) is 0 Å². The summed E-state index contributed by atoms with van der Waals surface area (Å²) in [5.74, 6) is 0. The van der Waals surface area contributed by atoms with Gasteiger partial charge in [-0.15, -0.1) is 6.58 Å². The van der Waals surface area contributed by atoms with Crippen LogP contribution in [0.1, 0.15) is 24.4 Å². The Kier molecular flexibility index (Phi) is 3.75. The van der Waals surface area contributed by atoms with Gasteiger partial charge in [-0.3, -0.25) is 4.90 Å². The Labute approximate surface area is 97.8 Å². The molecular formula is C14H20N2. The van der Waals surface area contributed by atoms with Crippen LogP contribution in [0.3, 0.4) is 0 Å². The number of hydrogen-bond donors (Lipinski definition) is 1. The Morgan fingerprint density at radius 1 is 1.25 bits per heavy atom. The fourth-order valence-electron chi connectivity index (χ4n) is 2.34. The average molecular weight is 216 g/mol. The number of rotatable bonds is 3. The molecule has 2 N–H and O–H groups in total. The highest BCUT2D eigenvalue weighted by Crippen LogP contribution is 2.24. The zero-order valence-electron chi connectivity index (χ0n) is 9.68. The Morgan fingerprint density at radius 3 is 2.44 bits per heavy atom. The molecule has 0 spiro atoms. The Balaban J connectivity index is 2.08. The van der Waals surface area contributed by atoms with Crippen molar-refractivity contribution in [3.05, 3.63) is 48.6 Å². The summed E-state index contributed by atoms with van der Waals surface area (Å²) in [5, 5.41) is 0. The predicted octanol–water partition coefficient (Wildman–Crippen LogP) is 2.34. The zero-order chi connectivity index (χ0) is 11.4. The quantitative estimate of drug-likeness (QED) is 0.786. The lowest BCUT2D eigenvalue weighted by atomic mass is 10.00. The first-order valence-electron chi connectivity index (χ1n) is 5.98. The topological polar surface area (TPSA) is 29.3 Å². The predicted molar refractivity (Wildman–Crippen MR) is 68.2 cm³/mol. The van der Waals surface area contributed by atoms with Crippen molar-refractivity contribution >= 4 is 0 Å². The van der Waals surface area contributed by atoms with E-state index in [0.717, 1.165) is 25.9 Å². The van der Waals surface area contributed by atoms with Gasteiger partial charge in [0.25, 0.3) is 0 Å². The minimum Gasteiger partial charge on any atom is -0.328 e. The fraction of sp³-hybridized carbons (Fsp3) is 0.429. The molecule has 0 bridgehead atoms. The molecule has 1 aliphatic rings. The van der Waals surface area contributed by atoms with E-state index in [1.165, 1.54) is 5.56 Å². The van der Waals surface area contributed by atoms with Gasteiger partial charge in [0.1, 0.15) is 0 Å². The maximum atomic E-state index is 5.92. The summed E-state index contributed by atoms with van der Waals surface area (Å²) in [4.78, 5) is 2.46. The summed E-state index contributed by atoms with van der Waals surface area (Å²) in [5.41, 5.74) is 7.25. The lowest BCUT2D eigenvalue weighted by Crippen LogP contribution is -2.41. The van der Waals surface area contributed by atoms with E-state index in [0.29, 0.717) is 12.1 Å². The standard InChI is InChI=1S/C14H20N2/c1-2-14(12-6-4-3-5-7-12)16-10-8-13(15)9-11-16/h2-7,13-14H,1,8-11,15H2. The fourth-order valence-corrected chi connectivity index (χ4v) is 2.34. The second-order valence-electron chi connectivity index (χ2n) is 4.46. The van der Waals surface area contributed by atoms with E-state index < -0.39 is 0 Å². The number of piperidine rings is 1. The Morgan fingerprint density at radius 2 is 1.88 bits per heavy atom. The van der Waals surface area contributed by atoms with Gasteiger partial charge in [-0.05, 0) is 18.4 Å². The number of likely N-dealkylation sites (tertiary alicyclic amines) is 1. The van der Waals surface area contributed by atoms with Crippen molar-refractivity contribution in [1.29, 1.82) is 0 Å². The van der Waals surface area contributed by atoms with Gasteiger partial charge in [0, 0.05) is 19.1 Å². The van der Waals surface area contributed by atoms with E-state index in [2.05, 4.69) is 41.8 Å². The lowest BCUT2D eigenvalue weighted by molar-refractivity contribution is 0.179. The summed E-state index contributed by atoms with van der Waals surface area (Å²) in [7, 11) is 0. The molecule has 0 radical (unpaired) electrons. The first-order valence-corrected chi connectivity index (χ1v) is 5.98. The van der Waals surface area contributed by atoms with Gasteiger partial charge in [-0.1, -0.05) is 36.4 Å². The molecule has 1 aromatic rings. The maximum Gasteiger partial charge on any atom is 0.0528 e. The molecule has 2 nitrogen and oxygen atoms in total. The third-order valence-corrected chi connectivity index (χ3v) is 3.33. The highest BCUT2D eigenvalue weighted by molar-refractivity contribution is 5.22. The van der Waals surface area contributed by atoms with Crippen LogP contribution in [0.25, 0.3) is 0 Å². The minimum atomic E-state index is 0.341. The summed E-state index contributed by atoms with van der Waals surface area (Å²) in [6.45, 7) is 6.11. The highest BCUT2D eigenvalue weighted by Gasteiger charge is 2.22. The van der Waals surface area contributed by atoms with E-state index in [1.807, 2.05) is 6.08 Å². The number of benzene rings is 1. The molecule has 0 aromatic heterocycles. The first-order chi connectivity index (χ1) is 7.81. The maximum absolute atomic E-state index is 5.92. The van der Waals surface area contributed by atoms with Crippen molar-refractivity contribution < 1.29 is 0 Å². The van der Waals surface area contributed by atoms with Crippen LogP contribution in [0.15, 0.2) is 43.0 Å². The molecule has 2 heteroatoms. The van der Waals surface area contributed by atoms with E-state index in [1.54, 1.807) is 0 Å². The van der Waals surface area contributed by atoms with Gasteiger partial charge in [0.15, 0.2) is 0 Å². The molecule has 0 saturated carbocycles. The van der Waals surface area contributed by atoms with E-state index >= 15 is 0 Å². The second-order valence-corrected chi connectivity index (χ2v) is 4.46. The first kappa shape index (κ1) is 11.4. The summed E-state index contributed by atoms with van der Waals surface area (Å²) in [6.07, 6.45) is 4.22. The Bertz CT molecular complexity index is 326. The number of hydrogen-bond acceptors (Lipinski definition) is 2. The molecule has 86 valence electrons. The Hall–Kier alpha value is -1.12. The van der Waals surface area contributed by atoms with Crippen LogP contribution in [0.5, 0.6) is 0 Å². The normalized spacial score (nSPS) is 20.6. The van der Waals surface area contributed by atoms with Crippen LogP contribution in [-0.4, -0.2) is 24.0 Å². The van der Waals surface area contributed by atoms with Gasteiger partial charge < -0.3 is 5.73 Å². The molecule has 1 heterocycles. The third-order valence-electron chi connectivity index (χ3n) is 3.33. The van der Waals surface area contributed by atoms with Crippen molar-refractivity contribution in [2.75, 3.05) is 13.1 Å². The number of nitrogens with zero attached hydrogens (tertiary/aromatic N) is 1. The van der Waals surface area contributed by atoms with Crippen LogP contribution < -0.4 is 5.73 Å². The van der Waals surface area contributed by atoms with Crippen molar-refractivity contribution in [3.63, 3.8) is 0 Å².